The van der Waals surface area contributed by atoms with E-state index >= 15 is 0 Å². The van der Waals surface area contributed by atoms with E-state index in [1.165, 1.54) is 23.8 Å². The largest absolute Gasteiger partial charge is 0.469 e. The molecule has 0 bridgehead atoms. The monoisotopic (exact) mass is 321 g/mol. The summed E-state index contributed by atoms with van der Waals surface area (Å²) in [5.41, 5.74) is 5.00. The van der Waals surface area contributed by atoms with E-state index in [2.05, 4.69) is 53.4 Å². The summed E-state index contributed by atoms with van der Waals surface area (Å²) in [5.74, 6) is -0.198. The fourth-order valence-electron chi connectivity index (χ4n) is 3.03. The molecule has 0 amide bonds. The minimum absolute atomic E-state index is 0.198. The Bertz CT molecular complexity index is 704. The number of carbonyl (C=O) groups excluding carboxylic acids is 1. The van der Waals surface area contributed by atoms with Crippen LogP contribution in [0.3, 0.4) is 0 Å². The van der Waals surface area contributed by atoms with Crippen LogP contribution in [0.25, 0.3) is 5.57 Å². The molecule has 124 valence electrons. The summed E-state index contributed by atoms with van der Waals surface area (Å²) in [7, 11) is 1.42. The summed E-state index contributed by atoms with van der Waals surface area (Å²) >= 11 is 0. The number of hydrogen-bond donors (Lipinski definition) is 0. The van der Waals surface area contributed by atoms with E-state index in [0.29, 0.717) is 6.42 Å². The molecule has 2 aromatic rings. The Hall–Kier alpha value is -2.39. The van der Waals surface area contributed by atoms with Crippen molar-refractivity contribution in [1.82, 2.24) is 4.90 Å². The molecule has 0 aromatic heterocycles. The summed E-state index contributed by atoms with van der Waals surface area (Å²) in [4.78, 5) is 13.8. The number of benzene rings is 2. The second-order valence-corrected chi connectivity index (χ2v) is 6.15. The zero-order chi connectivity index (χ0) is 16.8. The quantitative estimate of drug-likeness (QED) is 0.787. The third-order valence-electron chi connectivity index (χ3n) is 4.44. The first kappa shape index (κ1) is 16.5. The number of nitrogens with zero attached hydrogens (tertiary/aromatic N) is 1. The normalized spacial score (nSPS) is 15.0. The first-order valence-corrected chi connectivity index (χ1v) is 8.36. The molecule has 24 heavy (non-hydrogen) atoms. The Labute approximate surface area is 143 Å². The van der Waals surface area contributed by atoms with Gasteiger partial charge in [0, 0.05) is 19.6 Å². The fraction of sp³-hybridized carbons (Fsp3) is 0.286. The van der Waals surface area contributed by atoms with Gasteiger partial charge in [0.05, 0.1) is 13.5 Å². The van der Waals surface area contributed by atoms with E-state index in [1.807, 2.05) is 12.1 Å². The van der Waals surface area contributed by atoms with Gasteiger partial charge in [-0.15, -0.1) is 0 Å². The third-order valence-corrected chi connectivity index (χ3v) is 4.44. The molecule has 3 rings (SSSR count). The molecule has 2 aromatic carbocycles. The highest BCUT2D eigenvalue weighted by Gasteiger charge is 2.13. The van der Waals surface area contributed by atoms with Crippen molar-refractivity contribution in [2.75, 3.05) is 20.2 Å². The van der Waals surface area contributed by atoms with E-state index in [1.54, 1.807) is 0 Å². The molecule has 1 heterocycles. The van der Waals surface area contributed by atoms with Crippen LogP contribution >= 0.6 is 0 Å². The van der Waals surface area contributed by atoms with Gasteiger partial charge in [-0.2, -0.15) is 0 Å². The summed E-state index contributed by atoms with van der Waals surface area (Å²) < 4.78 is 4.71. The molecule has 0 saturated heterocycles. The second-order valence-electron chi connectivity index (χ2n) is 6.15. The van der Waals surface area contributed by atoms with Crippen molar-refractivity contribution in [2.45, 2.75) is 19.4 Å². The van der Waals surface area contributed by atoms with Crippen LogP contribution in [0, 0.1) is 0 Å². The molecule has 0 fully saturated rings. The van der Waals surface area contributed by atoms with E-state index < -0.39 is 0 Å². The Balaban J connectivity index is 1.59. The highest BCUT2D eigenvalue weighted by atomic mass is 16.5. The molecule has 3 heteroatoms. The molecule has 0 atom stereocenters. The minimum atomic E-state index is -0.198. The van der Waals surface area contributed by atoms with Gasteiger partial charge in [-0.1, -0.05) is 60.7 Å². The molecule has 0 spiro atoms. The van der Waals surface area contributed by atoms with E-state index in [9.17, 15) is 4.79 Å². The van der Waals surface area contributed by atoms with E-state index in [0.717, 1.165) is 31.6 Å². The molecule has 1 aliphatic rings. The lowest BCUT2D eigenvalue weighted by Gasteiger charge is -2.26. The maximum atomic E-state index is 11.3. The van der Waals surface area contributed by atoms with E-state index in [4.69, 9.17) is 4.74 Å². The van der Waals surface area contributed by atoms with Crippen molar-refractivity contribution < 1.29 is 9.53 Å². The van der Waals surface area contributed by atoms with Gasteiger partial charge in [0.1, 0.15) is 0 Å². The molecule has 1 aliphatic heterocycles. The first-order valence-electron chi connectivity index (χ1n) is 8.36. The van der Waals surface area contributed by atoms with Gasteiger partial charge in [-0.3, -0.25) is 9.69 Å². The van der Waals surface area contributed by atoms with Gasteiger partial charge in [0.25, 0.3) is 0 Å². The van der Waals surface area contributed by atoms with Crippen molar-refractivity contribution in [3.8, 4) is 0 Å². The highest BCUT2D eigenvalue weighted by molar-refractivity contribution is 5.73. The topological polar surface area (TPSA) is 29.5 Å². The molecular weight excluding hydrogens is 298 g/mol. The average molecular weight is 321 g/mol. The summed E-state index contributed by atoms with van der Waals surface area (Å²) in [5, 5.41) is 0. The van der Waals surface area contributed by atoms with Crippen LogP contribution < -0.4 is 0 Å². The summed E-state index contributed by atoms with van der Waals surface area (Å²) in [6.07, 6.45) is 3.71. The Morgan fingerprint density at radius 3 is 2.42 bits per heavy atom. The number of esters is 1. The van der Waals surface area contributed by atoms with Crippen molar-refractivity contribution in [2.24, 2.45) is 0 Å². The molecule has 0 aliphatic carbocycles. The zero-order valence-corrected chi connectivity index (χ0v) is 14.1. The van der Waals surface area contributed by atoms with Crippen LogP contribution in [-0.4, -0.2) is 31.1 Å². The zero-order valence-electron chi connectivity index (χ0n) is 14.1. The molecule has 0 N–H and O–H groups in total. The second kappa shape index (κ2) is 7.93. The predicted octanol–water partition coefficient (Wildman–Crippen LogP) is 3.69. The number of methoxy groups -OCH3 is 1. The maximum absolute atomic E-state index is 11.3. The fourth-order valence-corrected chi connectivity index (χ4v) is 3.03. The SMILES string of the molecule is COC(=O)Cc1ccc(C2=CCN(Cc3ccccc3)CC2)cc1. The lowest BCUT2D eigenvalue weighted by atomic mass is 9.97. The maximum Gasteiger partial charge on any atom is 0.309 e. The number of rotatable bonds is 5. The van der Waals surface area contributed by atoms with Crippen molar-refractivity contribution in [3.05, 3.63) is 77.4 Å². The van der Waals surface area contributed by atoms with Gasteiger partial charge >= 0.3 is 5.97 Å². The van der Waals surface area contributed by atoms with Crippen LogP contribution in [0.15, 0.2) is 60.7 Å². The molecular formula is C21H23NO2. The van der Waals surface area contributed by atoms with Crippen LogP contribution in [0.2, 0.25) is 0 Å². The Morgan fingerprint density at radius 2 is 1.79 bits per heavy atom. The van der Waals surface area contributed by atoms with Crippen molar-refractivity contribution in [1.29, 1.82) is 0 Å². The lowest BCUT2D eigenvalue weighted by Crippen LogP contribution is -2.27. The number of carbonyl (C=O) groups is 1. The van der Waals surface area contributed by atoms with Gasteiger partial charge in [-0.05, 0) is 28.7 Å². The summed E-state index contributed by atoms with van der Waals surface area (Å²) in [6, 6.07) is 18.9. The smallest absolute Gasteiger partial charge is 0.309 e. The molecule has 0 radical (unpaired) electrons. The first-order chi connectivity index (χ1) is 11.7. The molecule has 0 saturated carbocycles. The number of ether oxygens (including phenoxy) is 1. The van der Waals surface area contributed by atoms with Crippen LogP contribution in [0.1, 0.15) is 23.1 Å². The van der Waals surface area contributed by atoms with E-state index in [-0.39, 0.29) is 5.97 Å². The van der Waals surface area contributed by atoms with Gasteiger partial charge in [0.2, 0.25) is 0 Å². The molecule has 3 nitrogen and oxygen atoms in total. The van der Waals surface area contributed by atoms with Crippen LogP contribution in [-0.2, 0) is 22.5 Å². The minimum Gasteiger partial charge on any atom is -0.469 e. The third kappa shape index (κ3) is 4.33. The van der Waals surface area contributed by atoms with Crippen LogP contribution in [0.4, 0.5) is 0 Å². The average Bonchev–Trinajstić information content (AvgIpc) is 2.64. The van der Waals surface area contributed by atoms with Gasteiger partial charge in [-0.25, -0.2) is 0 Å². The Morgan fingerprint density at radius 1 is 1.04 bits per heavy atom. The predicted molar refractivity (Wildman–Crippen MR) is 96.5 cm³/mol. The van der Waals surface area contributed by atoms with Gasteiger partial charge in [0.15, 0.2) is 0 Å². The van der Waals surface area contributed by atoms with Crippen molar-refractivity contribution in [3.63, 3.8) is 0 Å². The highest BCUT2D eigenvalue weighted by Crippen LogP contribution is 2.23. The lowest BCUT2D eigenvalue weighted by molar-refractivity contribution is -0.139. The van der Waals surface area contributed by atoms with Crippen LogP contribution in [0.5, 0.6) is 0 Å². The van der Waals surface area contributed by atoms with Crippen molar-refractivity contribution >= 4 is 11.5 Å². The van der Waals surface area contributed by atoms with Gasteiger partial charge < -0.3 is 4.74 Å². The summed E-state index contributed by atoms with van der Waals surface area (Å²) in [6.45, 7) is 3.06. The molecule has 0 unspecified atom stereocenters. The number of hydrogen-bond acceptors (Lipinski definition) is 3. The standard InChI is InChI=1S/C21H23NO2/c1-24-21(23)15-17-7-9-19(10-8-17)20-11-13-22(14-12-20)16-18-5-3-2-4-6-18/h2-11H,12-16H2,1H3. The Kier molecular flexibility index (Phi) is 5.44.